The summed E-state index contributed by atoms with van der Waals surface area (Å²) in [6.07, 6.45) is 5.09. The maximum Gasteiger partial charge on any atom is 0.342 e. The number of benzene rings is 2. The molecule has 3 aromatic rings. The van der Waals surface area contributed by atoms with Crippen LogP contribution in [0.15, 0.2) is 48.5 Å². The van der Waals surface area contributed by atoms with Crippen molar-refractivity contribution in [1.29, 1.82) is 0 Å². The first-order chi connectivity index (χ1) is 16.5. The summed E-state index contributed by atoms with van der Waals surface area (Å²) < 4.78 is 6.71. The minimum atomic E-state index is -0.329. The minimum absolute atomic E-state index is 0.0203. The van der Waals surface area contributed by atoms with Gasteiger partial charge in [-0.1, -0.05) is 31.9 Å². The van der Waals surface area contributed by atoms with Gasteiger partial charge in [0.25, 0.3) is 5.91 Å². The zero-order chi connectivity index (χ0) is 24.1. The molecule has 1 aliphatic rings. The van der Waals surface area contributed by atoms with Gasteiger partial charge in [-0.25, -0.2) is 4.79 Å². The number of hydrogen-bond donors (Lipinski definition) is 3. The van der Waals surface area contributed by atoms with E-state index in [2.05, 4.69) is 15.7 Å². The van der Waals surface area contributed by atoms with Crippen molar-refractivity contribution in [2.24, 2.45) is 0 Å². The fourth-order valence-corrected chi connectivity index (χ4v) is 4.36. The van der Waals surface area contributed by atoms with Crippen LogP contribution in [0.5, 0.6) is 11.5 Å². The Bertz CT molecular complexity index is 1180. The van der Waals surface area contributed by atoms with E-state index in [-0.39, 0.29) is 23.6 Å². The maximum absolute atomic E-state index is 12.8. The number of phenolic OH excluding ortho intramolecular Hbond substituents is 1. The number of ether oxygens (including phenoxy) is 1. The van der Waals surface area contributed by atoms with Gasteiger partial charge in [-0.15, -0.1) is 0 Å². The molecule has 0 unspecified atom stereocenters. The van der Waals surface area contributed by atoms with Crippen LogP contribution >= 0.6 is 0 Å². The lowest BCUT2D eigenvalue weighted by Crippen LogP contribution is -2.31. The number of anilines is 1. The number of nitrogens with zero attached hydrogens (tertiary/aromatic N) is 2. The summed E-state index contributed by atoms with van der Waals surface area (Å²) in [6, 6.07) is 13.4. The van der Waals surface area contributed by atoms with Crippen LogP contribution in [0.1, 0.15) is 61.0 Å². The Morgan fingerprint density at radius 3 is 2.65 bits per heavy atom. The van der Waals surface area contributed by atoms with E-state index >= 15 is 0 Å². The molecule has 2 aromatic carbocycles. The van der Waals surface area contributed by atoms with E-state index in [9.17, 15) is 14.7 Å². The highest BCUT2D eigenvalue weighted by Gasteiger charge is 2.26. The summed E-state index contributed by atoms with van der Waals surface area (Å²) in [5, 5.41) is 20.9. The molecule has 0 radical (unpaired) electrons. The Balaban J connectivity index is 1.66. The summed E-state index contributed by atoms with van der Waals surface area (Å²) in [5.74, 6) is 0.415. The van der Waals surface area contributed by atoms with Crippen LogP contribution in [0, 0.1) is 0 Å². The Kier molecular flexibility index (Phi) is 7.15. The van der Waals surface area contributed by atoms with Crippen LogP contribution in [0.3, 0.4) is 0 Å². The van der Waals surface area contributed by atoms with Crippen molar-refractivity contribution in [2.75, 3.05) is 19.0 Å². The van der Waals surface area contributed by atoms with Gasteiger partial charge in [0.2, 0.25) is 0 Å². The van der Waals surface area contributed by atoms with Crippen LogP contribution < -0.4 is 15.4 Å². The van der Waals surface area contributed by atoms with Crippen molar-refractivity contribution in [3.63, 3.8) is 0 Å². The van der Waals surface area contributed by atoms with Crippen molar-refractivity contribution >= 4 is 17.6 Å². The molecule has 8 nitrogen and oxygen atoms in total. The molecular formula is C26H30N4O4. The summed E-state index contributed by atoms with van der Waals surface area (Å²) >= 11 is 0. The van der Waals surface area contributed by atoms with E-state index in [1.54, 1.807) is 36.4 Å². The van der Waals surface area contributed by atoms with Crippen molar-refractivity contribution in [1.82, 2.24) is 15.1 Å². The largest absolute Gasteiger partial charge is 0.507 e. The first-order valence-electron chi connectivity index (χ1n) is 11.7. The number of aromatic hydroxyl groups is 1. The third-order valence-electron chi connectivity index (χ3n) is 6.11. The summed E-state index contributed by atoms with van der Waals surface area (Å²) in [6.45, 7) is 2.56. The number of amides is 2. The van der Waals surface area contributed by atoms with Crippen LogP contribution in [0.4, 0.5) is 10.5 Å². The van der Waals surface area contributed by atoms with Gasteiger partial charge >= 0.3 is 6.03 Å². The number of methoxy groups -OCH3 is 1. The normalized spacial score (nSPS) is 13.6. The second-order valence-electron chi connectivity index (χ2n) is 8.47. The van der Waals surface area contributed by atoms with E-state index in [4.69, 9.17) is 4.74 Å². The van der Waals surface area contributed by atoms with Gasteiger partial charge < -0.3 is 20.5 Å². The summed E-state index contributed by atoms with van der Waals surface area (Å²) in [4.78, 5) is 25.6. The molecule has 178 valence electrons. The molecule has 0 spiro atoms. The van der Waals surface area contributed by atoms with Crippen LogP contribution in [-0.2, 0) is 0 Å². The topological polar surface area (TPSA) is 105 Å². The fraction of sp³-hybridized carbons (Fsp3) is 0.346. The maximum atomic E-state index is 12.8. The van der Waals surface area contributed by atoms with E-state index < -0.39 is 0 Å². The lowest BCUT2D eigenvalue weighted by Gasteiger charge is -2.11. The summed E-state index contributed by atoms with van der Waals surface area (Å²) in [5.41, 5.74) is 2.68. The number of rotatable bonds is 7. The molecular weight excluding hydrogens is 432 g/mol. The zero-order valence-corrected chi connectivity index (χ0v) is 19.5. The molecule has 2 amide bonds. The Hall–Kier alpha value is -3.81. The fourth-order valence-electron chi connectivity index (χ4n) is 4.36. The average Bonchev–Trinajstić information content (AvgIpc) is 3.54. The highest BCUT2D eigenvalue weighted by molar-refractivity contribution is 6.06. The average molecular weight is 463 g/mol. The summed E-state index contributed by atoms with van der Waals surface area (Å²) in [7, 11) is 1.51. The first kappa shape index (κ1) is 23.4. The predicted octanol–water partition coefficient (Wildman–Crippen LogP) is 5.14. The highest BCUT2D eigenvalue weighted by Crippen LogP contribution is 2.38. The number of aromatic nitrogens is 2. The molecule has 1 saturated carbocycles. The van der Waals surface area contributed by atoms with Gasteiger partial charge in [0, 0.05) is 23.7 Å². The van der Waals surface area contributed by atoms with Gasteiger partial charge in [-0.05, 0) is 55.7 Å². The molecule has 8 heteroatoms. The van der Waals surface area contributed by atoms with Gasteiger partial charge in [-0.2, -0.15) is 9.78 Å². The van der Waals surface area contributed by atoms with Gasteiger partial charge in [0.05, 0.1) is 24.1 Å². The van der Waals surface area contributed by atoms with Crippen LogP contribution in [0.2, 0.25) is 0 Å². The van der Waals surface area contributed by atoms with Crippen molar-refractivity contribution in [3.05, 3.63) is 59.8 Å². The van der Waals surface area contributed by atoms with Crippen LogP contribution in [0.25, 0.3) is 11.3 Å². The van der Waals surface area contributed by atoms with Gasteiger partial charge in [0.15, 0.2) is 0 Å². The standard InChI is InChI=1S/C26H30N4O4/c1-3-14-27-26(33)30-22(17-8-4-5-9-17)16-21(29-30)20-15-18(12-13-23(20)31)28-25(32)19-10-6-7-11-24(19)34-2/h6-7,10-13,15-17,31H,3-5,8-9,14H2,1-2H3,(H,27,33)(H,28,32). The second kappa shape index (κ2) is 10.4. The number of para-hydroxylation sites is 1. The molecule has 3 N–H and O–H groups in total. The molecule has 0 saturated heterocycles. The van der Waals surface area contributed by atoms with E-state index in [0.29, 0.717) is 34.8 Å². The predicted molar refractivity (Wildman–Crippen MR) is 131 cm³/mol. The van der Waals surface area contributed by atoms with E-state index in [1.807, 2.05) is 13.0 Å². The molecule has 1 aromatic heterocycles. The monoisotopic (exact) mass is 462 g/mol. The van der Waals surface area contributed by atoms with Crippen molar-refractivity contribution < 1.29 is 19.4 Å². The Labute approximate surface area is 198 Å². The number of nitrogens with one attached hydrogen (secondary N) is 2. The number of hydrogen-bond acceptors (Lipinski definition) is 5. The SMILES string of the molecule is CCCNC(=O)n1nc(-c2cc(NC(=O)c3ccccc3OC)ccc2O)cc1C1CCCC1. The molecule has 1 heterocycles. The van der Waals surface area contributed by atoms with Gasteiger partial charge in [0.1, 0.15) is 11.5 Å². The number of phenols is 1. The lowest BCUT2D eigenvalue weighted by molar-refractivity contribution is 0.102. The van der Waals surface area contributed by atoms with Crippen molar-refractivity contribution in [2.45, 2.75) is 44.9 Å². The quantitative estimate of drug-likeness (QED) is 0.422. The molecule has 0 bridgehead atoms. The van der Waals surface area contributed by atoms with Crippen molar-refractivity contribution in [3.8, 4) is 22.8 Å². The Morgan fingerprint density at radius 2 is 1.91 bits per heavy atom. The molecule has 34 heavy (non-hydrogen) atoms. The van der Waals surface area contributed by atoms with Crippen LogP contribution in [-0.4, -0.2) is 40.5 Å². The number of carbonyl (C=O) groups is 2. The minimum Gasteiger partial charge on any atom is -0.507 e. The van der Waals surface area contributed by atoms with E-state index in [0.717, 1.165) is 37.8 Å². The Morgan fingerprint density at radius 1 is 1.15 bits per heavy atom. The van der Waals surface area contributed by atoms with E-state index in [1.165, 1.54) is 17.9 Å². The molecule has 4 rings (SSSR count). The zero-order valence-electron chi connectivity index (χ0n) is 19.5. The number of carbonyl (C=O) groups excluding carboxylic acids is 2. The highest BCUT2D eigenvalue weighted by atomic mass is 16.5. The molecule has 0 atom stereocenters. The third-order valence-corrected chi connectivity index (χ3v) is 6.11. The smallest absolute Gasteiger partial charge is 0.342 e. The third kappa shape index (κ3) is 4.90. The lowest BCUT2D eigenvalue weighted by atomic mass is 10.0. The molecule has 1 aliphatic carbocycles. The second-order valence-corrected chi connectivity index (χ2v) is 8.47. The molecule has 1 fully saturated rings. The first-order valence-corrected chi connectivity index (χ1v) is 11.7. The molecule has 0 aliphatic heterocycles. The van der Waals surface area contributed by atoms with Gasteiger partial charge in [-0.3, -0.25) is 4.79 Å².